The van der Waals surface area contributed by atoms with Crippen LogP contribution in [0, 0.1) is 0 Å². The van der Waals surface area contributed by atoms with Gasteiger partial charge in [-0.15, -0.1) is 0 Å². The fourth-order valence-electron chi connectivity index (χ4n) is 1.34. The maximum atomic E-state index is 12.5. The van der Waals surface area contributed by atoms with E-state index >= 15 is 0 Å². The Kier molecular flexibility index (Phi) is 2.11. The topological polar surface area (TPSA) is 54.6 Å². The highest BCUT2D eigenvalue weighted by Gasteiger charge is 2.33. The van der Waals surface area contributed by atoms with Crippen molar-refractivity contribution in [2.24, 2.45) is 0 Å². The molecule has 0 spiro atoms. The standard InChI is InChI=1S/C9H5F3N2O2/c10-9(11,12)6-2-1-3-7-13-5(8(15)16)4-14(6)7/h1-4H,(H,15,16). The van der Waals surface area contributed by atoms with E-state index < -0.39 is 23.5 Å². The molecule has 16 heavy (non-hydrogen) atoms. The van der Waals surface area contributed by atoms with E-state index in [4.69, 9.17) is 5.11 Å². The van der Waals surface area contributed by atoms with E-state index in [0.717, 1.165) is 12.3 Å². The molecule has 0 unspecified atom stereocenters. The smallest absolute Gasteiger partial charge is 0.431 e. The lowest BCUT2D eigenvalue weighted by atomic mass is 10.3. The van der Waals surface area contributed by atoms with E-state index in [2.05, 4.69) is 4.98 Å². The monoisotopic (exact) mass is 230 g/mol. The van der Waals surface area contributed by atoms with Gasteiger partial charge in [0.15, 0.2) is 5.69 Å². The van der Waals surface area contributed by atoms with Crippen molar-refractivity contribution in [3.63, 3.8) is 0 Å². The normalized spacial score (nSPS) is 11.9. The molecule has 0 saturated carbocycles. The molecule has 1 N–H and O–H groups in total. The molecule has 0 aliphatic carbocycles. The summed E-state index contributed by atoms with van der Waals surface area (Å²) < 4.78 is 38.3. The predicted molar refractivity (Wildman–Crippen MR) is 47.2 cm³/mol. The van der Waals surface area contributed by atoms with Crippen molar-refractivity contribution < 1.29 is 23.1 Å². The highest BCUT2D eigenvalue weighted by molar-refractivity contribution is 5.86. The van der Waals surface area contributed by atoms with Crippen molar-refractivity contribution in [3.05, 3.63) is 35.8 Å². The molecule has 2 rings (SSSR count). The molecule has 0 atom stereocenters. The average molecular weight is 230 g/mol. The molecule has 0 amide bonds. The number of imidazole rings is 1. The third-order valence-electron chi connectivity index (χ3n) is 2.00. The van der Waals surface area contributed by atoms with E-state index in [9.17, 15) is 18.0 Å². The van der Waals surface area contributed by atoms with E-state index in [1.54, 1.807) is 0 Å². The van der Waals surface area contributed by atoms with Gasteiger partial charge < -0.3 is 5.11 Å². The Morgan fingerprint density at radius 2 is 2.06 bits per heavy atom. The molecular formula is C9H5F3N2O2. The summed E-state index contributed by atoms with van der Waals surface area (Å²) in [5.41, 5.74) is -1.42. The van der Waals surface area contributed by atoms with Crippen LogP contribution in [0.25, 0.3) is 5.65 Å². The van der Waals surface area contributed by atoms with Crippen LogP contribution in [0.2, 0.25) is 0 Å². The summed E-state index contributed by atoms with van der Waals surface area (Å²) in [4.78, 5) is 14.1. The number of carboxylic acids is 1. The minimum absolute atomic E-state index is 0.0489. The number of aromatic carboxylic acids is 1. The number of nitrogens with zero attached hydrogens (tertiary/aromatic N) is 2. The first kappa shape index (κ1) is 10.5. The maximum absolute atomic E-state index is 12.5. The zero-order chi connectivity index (χ0) is 11.9. The molecule has 0 aliphatic heterocycles. The second-order valence-corrected chi connectivity index (χ2v) is 3.07. The lowest BCUT2D eigenvalue weighted by Gasteiger charge is -2.08. The van der Waals surface area contributed by atoms with E-state index in [0.29, 0.717) is 4.40 Å². The number of aromatic nitrogens is 2. The second-order valence-electron chi connectivity index (χ2n) is 3.07. The number of halogens is 3. The van der Waals surface area contributed by atoms with Crippen LogP contribution >= 0.6 is 0 Å². The molecule has 2 heterocycles. The van der Waals surface area contributed by atoms with Gasteiger partial charge in [-0.1, -0.05) is 6.07 Å². The Balaban J connectivity index is 2.73. The van der Waals surface area contributed by atoms with E-state index in [1.807, 2.05) is 0 Å². The van der Waals surface area contributed by atoms with Crippen LogP contribution < -0.4 is 0 Å². The fourth-order valence-corrected chi connectivity index (χ4v) is 1.34. The number of hydrogen-bond acceptors (Lipinski definition) is 2. The van der Waals surface area contributed by atoms with Gasteiger partial charge in [-0.3, -0.25) is 4.40 Å². The molecule has 0 radical (unpaired) electrons. The van der Waals surface area contributed by atoms with Gasteiger partial charge in [0.2, 0.25) is 0 Å². The summed E-state index contributed by atoms with van der Waals surface area (Å²) >= 11 is 0. The van der Waals surface area contributed by atoms with Crippen LogP contribution in [0.3, 0.4) is 0 Å². The second kappa shape index (κ2) is 3.22. The van der Waals surface area contributed by atoms with Crippen molar-refractivity contribution in [2.75, 3.05) is 0 Å². The van der Waals surface area contributed by atoms with Gasteiger partial charge in [0.05, 0.1) is 0 Å². The van der Waals surface area contributed by atoms with Gasteiger partial charge in [0, 0.05) is 6.20 Å². The largest absolute Gasteiger partial charge is 0.476 e. The molecule has 0 saturated heterocycles. The SMILES string of the molecule is O=C(O)c1cn2c(C(F)(F)F)cccc2n1. The summed E-state index contributed by atoms with van der Waals surface area (Å²) in [6.07, 6.45) is -3.70. The molecule has 0 aliphatic rings. The molecule has 2 aromatic rings. The lowest BCUT2D eigenvalue weighted by molar-refractivity contribution is -0.142. The molecule has 0 fully saturated rings. The maximum Gasteiger partial charge on any atom is 0.431 e. The first-order valence-corrected chi connectivity index (χ1v) is 4.18. The number of hydrogen-bond donors (Lipinski definition) is 1. The predicted octanol–water partition coefficient (Wildman–Crippen LogP) is 2.05. The highest BCUT2D eigenvalue weighted by Crippen LogP contribution is 2.29. The molecule has 84 valence electrons. The fraction of sp³-hybridized carbons (Fsp3) is 0.111. The Labute approximate surface area is 87.0 Å². The third kappa shape index (κ3) is 1.60. The van der Waals surface area contributed by atoms with Crippen LogP contribution in [0.5, 0.6) is 0 Å². The Bertz CT molecular complexity index is 559. The molecular weight excluding hydrogens is 225 g/mol. The minimum Gasteiger partial charge on any atom is -0.476 e. The van der Waals surface area contributed by atoms with Gasteiger partial charge in [-0.05, 0) is 12.1 Å². The molecule has 0 bridgehead atoms. The summed E-state index contributed by atoms with van der Waals surface area (Å²) in [5.74, 6) is -1.36. The Morgan fingerprint density at radius 3 is 2.62 bits per heavy atom. The lowest BCUT2D eigenvalue weighted by Crippen LogP contribution is -2.10. The Hall–Kier alpha value is -2.05. The van der Waals surface area contributed by atoms with Gasteiger partial charge >= 0.3 is 12.1 Å². The van der Waals surface area contributed by atoms with Crippen molar-refractivity contribution in [2.45, 2.75) is 6.18 Å². The number of carboxylic acid groups (broad SMARTS) is 1. The van der Waals surface area contributed by atoms with Gasteiger partial charge in [-0.2, -0.15) is 13.2 Å². The first-order chi connectivity index (χ1) is 7.39. The number of alkyl halides is 3. The van der Waals surface area contributed by atoms with Crippen LogP contribution in [0.1, 0.15) is 16.2 Å². The van der Waals surface area contributed by atoms with Crippen molar-refractivity contribution in [1.82, 2.24) is 9.38 Å². The van der Waals surface area contributed by atoms with Crippen molar-refractivity contribution in [1.29, 1.82) is 0 Å². The van der Waals surface area contributed by atoms with Gasteiger partial charge in [0.25, 0.3) is 0 Å². The number of carbonyl (C=O) groups is 1. The summed E-state index contributed by atoms with van der Waals surface area (Å²) in [6.45, 7) is 0. The summed E-state index contributed by atoms with van der Waals surface area (Å²) in [5, 5.41) is 8.62. The number of fused-ring (bicyclic) bond motifs is 1. The summed E-state index contributed by atoms with van der Waals surface area (Å²) in [7, 11) is 0. The van der Waals surface area contributed by atoms with Crippen LogP contribution in [-0.2, 0) is 6.18 Å². The van der Waals surface area contributed by atoms with Crippen LogP contribution in [0.4, 0.5) is 13.2 Å². The molecule has 0 aromatic carbocycles. The highest BCUT2D eigenvalue weighted by atomic mass is 19.4. The molecule has 4 nitrogen and oxygen atoms in total. The van der Waals surface area contributed by atoms with E-state index in [-0.39, 0.29) is 5.65 Å². The Morgan fingerprint density at radius 1 is 1.38 bits per heavy atom. The van der Waals surface area contributed by atoms with Gasteiger partial charge in [-0.25, -0.2) is 9.78 Å². The van der Waals surface area contributed by atoms with Crippen LogP contribution in [0.15, 0.2) is 24.4 Å². The minimum atomic E-state index is -4.55. The zero-order valence-corrected chi connectivity index (χ0v) is 7.69. The van der Waals surface area contributed by atoms with E-state index in [1.165, 1.54) is 12.1 Å². The average Bonchev–Trinajstić information content (AvgIpc) is 2.58. The number of pyridine rings is 1. The number of rotatable bonds is 1. The molecule has 7 heteroatoms. The van der Waals surface area contributed by atoms with Crippen molar-refractivity contribution in [3.8, 4) is 0 Å². The first-order valence-electron chi connectivity index (χ1n) is 4.18. The van der Waals surface area contributed by atoms with Crippen LogP contribution in [-0.4, -0.2) is 20.5 Å². The van der Waals surface area contributed by atoms with Crippen molar-refractivity contribution >= 4 is 11.6 Å². The summed E-state index contributed by atoms with van der Waals surface area (Å²) in [6, 6.07) is 3.35. The molecule has 2 aromatic heterocycles. The third-order valence-corrected chi connectivity index (χ3v) is 2.00. The quantitative estimate of drug-likeness (QED) is 0.815. The zero-order valence-electron chi connectivity index (χ0n) is 7.69. The van der Waals surface area contributed by atoms with Gasteiger partial charge in [0.1, 0.15) is 11.3 Å².